The number of hydrazine groups is 1. The molecule has 0 amide bonds. The van der Waals surface area contributed by atoms with Crippen LogP contribution in [-0.4, -0.2) is 19.6 Å². The summed E-state index contributed by atoms with van der Waals surface area (Å²) >= 11 is 0. The molecule has 0 aliphatic heterocycles. The van der Waals surface area contributed by atoms with E-state index in [4.69, 9.17) is 5.84 Å². The molecule has 0 aromatic carbocycles. The van der Waals surface area contributed by atoms with Gasteiger partial charge in [0.1, 0.15) is 18.2 Å². The van der Waals surface area contributed by atoms with Crippen molar-refractivity contribution >= 4 is 11.2 Å². The van der Waals surface area contributed by atoms with Crippen molar-refractivity contribution in [2.45, 2.75) is 18.8 Å². The summed E-state index contributed by atoms with van der Waals surface area (Å²) in [4.78, 5) is 12.6. The van der Waals surface area contributed by atoms with Crippen LogP contribution in [0, 0.1) is 0 Å². The van der Waals surface area contributed by atoms with Gasteiger partial charge in [-0.05, 0) is 12.8 Å². The predicted octanol–water partition coefficient (Wildman–Crippen LogP) is 0.121. The number of imidazole rings is 1. The maximum atomic E-state index is 5.31. The number of fused-ring (bicyclic) bond motifs is 1. The van der Waals surface area contributed by atoms with Crippen LogP contribution in [0.5, 0.6) is 0 Å². The minimum atomic E-state index is 0.571. The Hall–Kier alpha value is -1.69. The molecule has 2 aromatic rings. The van der Waals surface area contributed by atoms with E-state index in [-0.39, 0.29) is 0 Å². The van der Waals surface area contributed by atoms with Crippen LogP contribution in [0.4, 0.5) is 0 Å². The van der Waals surface area contributed by atoms with E-state index in [9.17, 15) is 0 Å². The van der Waals surface area contributed by atoms with Gasteiger partial charge in [0.05, 0.1) is 5.69 Å². The van der Waals surface area contributed by atoms with E-state index in [0.717, 1.165) is 16.9 Å². The molecule has 6 nitrogen and oxygen atoms in total. The number of aromatic nitrogens is 4. The van der Waals surface area contributed by atoms with E-state index >= 15 is 0 Å². The molecular weight excluding hydrogens is 180 g/mol. The van der Waals surface area contributed by atoms with Gasteiger partial charge < -0.3 is 0 Å². The van der Waals surface area contributed by atoms with Crippen LogP contribution in [0.15, 0.2) is 12.7 Å². The molecular formula is C8H10N6. The molecule has 0 atom stereocenters. The van der Waals surface area contributed by atoms with Gasteiger partial charge in [-0.15, -0.1) is 0 Å². The molecule has 1 aliphatic rings. The van der Waals surface area contributed by atoms with Gasteiger partial charge in [-0.3, -0.25) is 5.53 Å². The topological polar surface area (TPSA) is 81.6 Å². The first-order valence-electron chi connectivity index (χ1n) is 4.54. The number of hydrogen-bond acceptors (Lipinski definition) is 5. The highest BCUT2D eigenvalue weighted by molar-refractivity contribution is 5.74. The fourth-order valence-electron chi connectivity index (χ4n) is 1.60. The second-order valence-electron chi connectivity index (χ2n) is 3.45. The molecule has 0 bridgehead atoms. The second-order valence-corrected chi connectivity index (χ2v) is 3.45. The molecule has 0 unspecified atom stereocenters. The maximum Gasteiger partial charge on any atom is 0.183 e. The summed E-state index contributed by atoms with van der Waals surface area (Å²) in [6.07, 6.45) is 5.58. The molecule has 14 heavy (non-hydrogen) atoms. The Morgan fingerprint density at radius 1 is 1.36 bits per heavy atom. The zero-order chi connectivity index (χ0) is 9.54. The van der Waals surface area contributed by atoms with Crippen LogP contribution in [0.25, 0.3) is 11.2 Å². The molecule has 2 heterocycles. The van der Waals surface area contributed by atoms with E-state index < -0.39 is 0 Å². The SMILES string of the molecule is NNn1cnc2c(C3CC3)ncnc21. The standard InChI is InChI=1S/C8H10N6/c9-13-14-4-12-7-6(5-1-2-5)10-3-11-8(7)14/h3-5,13H,1-2,9H2. The Morgan fingerprint density at radius 2 is 2.21 bits per heavy atom. The van der Waals surface area contributed by atoms with Crippen LogP contribution < -0.4 is 11.4 Å². The third-order valence-electron chi connectivity index (χ3n) is 2.46. The van der Waals surface area contributed by atoms with Gasteiger partial charge in [0.2, 0.25) is 0 Å². The minimum Gasteiger partial charge on any atom is -0.259 e. The summed E-state index contributed by atoms with van der Waals surface area (Å²) in [6, 6.07) is 0. The molecule has 2 aromatic heterocycles. The van der Waals surface area contributed by atoms with E-state index in [1.54, 1.807) is 17.3 Å². The average Bonchev–Trinajstić information content (AvgIpc) is 2.97. The van der Waals surface area contributed by atoms with Gasteiger partial charge in [0.15, 0.2) is 5.65 Å². The first-order valence-corrected chi connectivity index (χ1v) is 4.54. The third kappa shape index (κ3) is 0.973. The summed E-state index contributed by atoms with van der Waals surface area (Å²) in [6.45, 7) is 0. The lowest BCUT2D eigenvalue weighted by atomic mass is 10.2. The van der Waals surface area contributed by atoms with Gasteiger partial charge in [-0.1, -0.05) is 0 Å². The number of nitrogens with one attached hydrogen (secondary N) is 1. The zero-order valence-corrected chi connectivity index (χ0v) is 7.51. The Bertz CT molecular complexity index is 472. The fraction of sp³-hybridized carbons (Fsp3) is 0.375. The molecule has 0 saturated heterocycles. The van der Waals surface area contributed by atoms with E-state index in [2.05, 4.69) is 20.5 Å². The molecule has 3 N–H and O–H groups in total. The molecule has 6 heteroatoms. The van der Waals surface area contributed by atoms with Crippen LogP contribution in [-0.2, 0) is 0 Å². The summed E-state index contributed by atoms with van der Waals surface area (Å²) in [7, 11) is 0. The summed E-state index contributed by atoms with van der Waals surface area (Å²) in [5.74, 6) is 5.89. The highest BCUT2D eigenvalue weighted by Gasteiger charge is 2.28. The largest absolute Gasteiger partial charge is 0.259 e. The van der Waals surface area contributed by atoms with E-state index in [1.165, 1.54) is 12.8 Å². The summed E-state index contributed by atoms with van der Waals surface area (Å²) in [5, 5.41) is 0. The van der Waals surface area contributed by atoms with E-state index in [1.807, 2.05) is 0 Å². The van der Waals surface area contributed by atoms with E-state index in [0.29, 0.717) is 5.92 Å². The number of nitrogen functional groups attached to an aromatic ring is 1. The number of hydrogen-bond donors (Lipinski definition) is 2. The van der Waals surface area contributed by atoms with Crippen molar-refractivity contribution in [3.63, 3.8) is 0 Å². The molecule has 72 valence electrons. The van der Waals surface area contributed by atoms with Crippen molar-refractivity contribution < 1.29 is 0 Å². The highest BCUT2D eigenvalue weighted by atomic mass is 15.6. The Morgan fingerprint density at radius 3 is 2.93 bits per heavy atom. The Kier molecular flexibility index (Phi) is 1.45. The molecule has 1 fully saturated rings. The lowest BCUT2D eigenvalue weighted by Crippen LogP contribution is -2.20. The van der Waals surface area contributed by atoms with Gasteiger partial charge in [0.25, 0.3) is 0 Å². The molecule has 0 spiro atoms. The van der Waals surface area contributed by atoms with Crippen LogP contribution in [0.1, 0.15) is 24.5 Å². The zero-order valence-electron chi connectivity index (χ0n) is 7.51. The van der Waals surface area contributed by atoms with Crippen LogP contribution in [0.2, 0.25) is 0 Å². The second kappa shape index (κ2) is 2.65. The quantitative estimate of drug-likeness (QED) is 0.519. The predicted molar refractivity (Wildman–Crippen MR) is 50.8 cm³/mol. The number of nitrogens with two attached hydrogens (primary N) is 1. The van der Waals surface area contributed by atoms with Gasteiger partial charge in [-0.2, -0.15) is 0 Å². The molecule has 3 rings (SSSR count). The van der Waals surface area contributed by atoms with Crippen molar-refractivity contribution in [3.8, 4) is 0 Å². The average molecular weight is 190 g/mol. The van der Waals surface area contributed by atoms with Gasteiger partial charge in [0, 0.05) is 5.92 Å². The number of rotatable bonds is 2. The van der Waals surface area contributed by atoms with Crippen molar-refractivity contribution in [1.29, 1.82) is 0 Å². The van der Waals surface area contributed by atoms with Crippen LogP contribution in [0.3, 0.4) is 0 Å². The number of nitrogens with zero attached hydrogens (tertiary/aromatic N) is 4. The first-order chi connectivity index (χ1) is 6.90. The van der Waals surface area contributed by atoms with Crippen molar-refractivity contribution in [1.82, 2.24) is 19.6 Å². The maximum absolute atomic E-state index is 5.31. The van der Waals surface area contributed by atoms with Crippen molar-refractivity contribution in [3.05, 3.63) is 18.3 Å². The fourth-order valence-corrected chi connectivity index (χ4v) is 1.60. The summed E-state index contributed by atoms with van der Waals surface area (Å²) < 4.78 is 1.59. The third-order valence-corrected chi connectivity index (χ3v) is 2.46. The molecule has 1 saturated carbocycles. The normalized spacial score (nSPS) is 16.1. The Balaban J connectivity index is 2.26. The lowest BCUT2D eigenvalue weighted by Gasteiger charge is -2.00. The summed E-state index contributed by atoms with van der Waals surface area (Å²) in [5.41, 5.74) is 5.14. The molecule has 1 aliphatic carbocycles. The van der Waals surface area contributed by atoms with Crippen molar-refractivity contribution in [2.24, 2.45) is 5.84 Å². The smallest absolute Gasteiger partial charge is 0.183 e. The monoisotopic (exact) mass is 190 g/mol. The van der Waals surface area contributed by atoms with Crippen LogP contribution >= 0.6 is 0 Å². The van der Waals surface area contributed by atoms with Crippen molar-refractivity contribution in [2.75, 3.05) is 5.53 Å². The van der Waals surface area contributed by atoms with Gasteiger partial charge in [-0.25, -0.2) is 25.5 Å². The first kappa shape index (κ1) is 7.69. The van der Waals surface area contributed by atoms with Gasteiger partial charge >= 0.3 is 0 Å². The highest BCUT2D eigenvalue weighted by Crippen LogP contribution is 2.40. The molecule has 0 radical (unpaired) electrons. The Labute approximate surface area is 80.1 Å². The minimum absolute atomic E-state index is 0.571. The lowest BCUT2D eigenvalue weighted by molar-refractivity contribution is 0.890.